The van der Waals surface area contributed by atoms with Gasteiger partial charge in [-0.1, -0.05) is 26.0 Å². The maximum Gasteiger partial charge on any atom is 0.228 e. The monoisotopic (exact) mass is 495 g/mol. The lowest BCUT2D eigenvalue weighted by Crippen LogP contribution is -2.48. The lowest BCUT2D eigenvalue weighted by atomic mass is 10.1. The summed E-state index contributed by atoms with van der Waals surface area (Å²) in [6.45, 7) is 14.6. The summed E-state index contributed by atoms with van der Waals surface area (Å²) in [5.41, 5.74) is 2.40. The first-order chi connectivity index (χ1) is 17.2. The van der Waals surface area contributed by atoms with Gasteiger partial charge in [-0.25, -0.2) is 4.98 Å². The molecule has 0 radical (unpaired) electrons. The summed E-state index contributed by atoms with van der Waals surface area (Å²) < 4.78 is 5.78. The third-order valence-electron chi connectivity index (χ3n) is 6.51. The van der Waals surface area contributed by atoms with E-state index >= 15 is 0 Å². The first kappa shape index (κ1) is 27.2. The highest BCUT2D eigenvalue weighted by Gasteiger charge is 2.24. The zero-order valence-electron chi connectivity index (χ0n) is 22.5. The van der Waals surface area contributed by atoms with Crippen molar-refractivity contribution < 1.29 is 9.53 Å². The van der Waals surface area contributed by atoms with Crippen LogP contribution in [0.25, 0.3) is 0 Å². The summed E-state index contributed by atoms with van der Waals surface area (Å²) in [7, 11) is 0. The highest BCUT2D eigenvalue weighted by molar-refractivity contribution is 5.89. The van der Waals surface area contributed by atoms with Crippen molar-refractivity contribution in [2.24, 2.45) is 0 Å². The van der Waals surface area contributed by atoms with Crippen LogP contribution in [0.15, 0.2) is 24.3 Å². The highest BCUT2D eigenvalue weighted by atomic mass is 16.5. The average Bonchev–Trinajstić information content (AvgIpc) is 2.87. The molecule has 196 valence electrons. The fourth-order valence-electron chi connectivity index (χ4n) is 4.27. The molecule has 1 amide bonds. The molecule has 36 heavy (non-hydrogen) atoms. The molecule has 0 aliphatic carbocycles. The van der Waals surface area contributed by atoms with Crippen molar-refractivity contribution in [1.82, 2.24) is 14.9 Å². The van der Waals surface area contributed by atoms with E-state index in [0.29, 0.717) is 43.6 Å². The number of piperazine rings is 1. The maximum absolute atomic E-state index is 11.8. The number of amides is 1. The van der Waals surface area contributed by atoms with Crippen molar-refractivity contribution in [1.29, 1.82) is 5.41 Å². The van der Waals surface area contributed by atoms with Gasteiger partial charge in [-0.2, -0.15) is 4.98 Å². The molecule has 1 aliphatic rings. The molecule has 9 nitrogen and oxygen atoms in total. The maximum atomic E-state index is 11.8. The van der Waals surface area contributed by atoms with Crippen LogP contribution in [0.4, 0.5) is 17.5 Å². The van der Waals surface area contributed by atoms with Crippen LogP contribution in [0.5, 0.6) is 5.75 Å². The van der Waals surface area contributed by atoms with E-state index in [0.717, 1.165) is 29.8 Å². The summed E-state index contributed by atoms with van der Waals surface area (Å²) in [5.74, 6) is 2.18. The smallest absolute Gasteiger partial charge is 0.228 e. The molecule has 0 saturated carbocycles. The Balaban J connectivity index is 1.91. The van der Waals surface area contributed by atoms with Crippen LogP contribution in [0, 0.1) is 5.41 Å². The molecule has 2 aromatic rings. The second-order valence-electron chi connectivity index (χ2n) is 9.53. The van der Waals surface area contributed by atoms with Gasteiger partial charge in [0, 0.05) is 45.4 Å². The largest absolute Gasteiger partial charge is 0.491 e. The SMILES string of the molecule is CCC(CC)Nc1c(C=N)nc(N2CCN(C(C)=O)CC2)nc1NC(C)c1ccc(OC(C)C)cc1. The molecule has 1 fully saturated rings. The quantitative estimate of drug-likeness (QED) is 0.388. The van der Waals surface area contributed by atoms with E-state index < -0.39 is 0 Å². The Labute approximate surface area is 215 Å². The van der Waals surface area contributed by atoms with Gasteiger partial charge in [-0.05, 0) is 51.3 Å². The number of nitrogens with one attached hydrogen (secondary N) is 3. The summed E-state index contributed by atoms with van der Waals surface area (Å²) in [6, 6.07) is 8.31. The molecule has 2 heterocycles. The van der Waals surface area contributed by atoms with E-state index in [9.17, 15) is 4.79 Å². The van der Waals surface area contributed by atoms with Crippen molar-refractivity contribution >= 4 is 29.6 Å². The molecule has 0 spiro atoms. The fourth-order valence-corrected chi connectivity index (χ4v) is 4.27. The Morgan fingerprint density at radius 3 is 2.22 bits per heavy atom. The van der Waals surface area contributed by atoms with Crippen molar-refractivity contribution in [2.45, 2.75) is 72.6 Å². The third-order valence-corrected chi connectivity index (χ3v) is 6.51. The number of ether oxygens (including phenoxy) is 1. The van der Waals surface area contributed by atoms with Crippen LogP contribution in [0.2, 0.25) is 0 Å². The number of anilines is 3. The Kier molecular flexibility index (Phi) is 9.50. The van der Waals surface area contributed by atoms with Crippen LogP contribution in [-0.2, 0) is 4.79 Å². The molecule has 9 heteroatoms. The number of hydrogen-bond donors (Lipinski definition) is 3. The van der Waals surface area contributed by atoms with Gasteiger partial charge in [0.2, 0.25) is 11.9 Å². The lowest BCUT2D eigenvalue weighted by molar-refractivity contribution is -0.129. The van der Waals surface area contributed by atoms with Crippen molar-refractivity contribution in [3.63, 3.8) is 0 Å². The number of carbonyl (C=O) groups excluding carboxylic acids is 1. The van der Waals surface area contributed by atoms with E-state index in [1.54, 1.807) is 6.92 Å². The molecule has 1 aromatic heterocycles. The molecule has 3 rings (SSSR count). The van der Waals surface area contributed by atoms with Gasteiger partial charge in [0.05, 0.1) is 12.1 Å². The average molecular weight is 496 g/mol. The Morgan fingerprint density at radius 2 is 1.69 bits per heavy atom. The van der Waals surface area contributed by atoms with Gasteiger partial charge in [0.1, 0.15) is 17.1 Å². The molecule has 0 bridgehead atoms. The van der Waals surface area contributed by atoms with E-state index in [1.165, 1.54) is 6.21 Å². The third kappa shape index (κ3) is 6.86. The molecular formula is C27H41N7O2. The van der Waals surface area contributed by atoms with Crippen LogP contribution in [0.3, 0.4) is 0 Å². The molecule has 1 atom stereocenters. The molecule has 1 aliphatic heterocycles. The summed E-state index contributed by atoms with van der Waals surface area (Å²) >= 11 is 0. The second kappa shape index (κ2) is 12.6. The van der Waals surface area contributed by atoms with Crippen LogP contribution >= 0.6 is 0 Å². The normalized spacial score (nSPS) is 14.7. The van der Waals surface area contributed by atoms with E-state index in [-0.39, 0.29) is 24.1 Å². The Bertz CT molecular complexity index is 1010. The standard InChI is InChI=1S/C27H41N7O2/c1-7-22(8-2)30-25-24(17-28)31-27(34-15-13-33(14-16-34)20(6)35)32-26(25)29-19(5)21-9-11-23(12-10-21)36-18(3)4/h9-12,17-19,22,28,30H,7-8,13-16H2,1-6H3,(H,29,31,32). The topological polar surface area (TPSA) is 106 Å². The molecule has 3 N–H and O–H groups in total. The number of nitrogens with zero attached hydrogens (tertiary/aromatic N) is 4. The van der Waals surface area contributed by atoms with Crippen LogP contribution in [-0.4, -0.2) is 65.3 Å². The first-order valence-electron chi connectivity index (χ1n) is 13.0. The summed E-state index contributed by atoms with van der Waals surface area (Å²) in [6.07, 6.45) is 3.32. The number of carbonyl (C=O) groups is 1. The number of aromatic nitrogens is 2. The second-order valence-corrected chi connectivity index (χ2v) is 9.53. The minimum Gasteiger partial charge on any atom is -0.491 e. The number of benzene rings is 1. The summed E-state index contributed by atoms with van der Waals surface area (Å²) in [4.78, 5) is 25.3. The van der Waals surface area contributed by atoms with Crippen molar-refractivity contribution in [2.75, 3.05) is 41.7 Å². The molecule has 1 unspecified atom stereocenters. The van der Waals surface area contributed by atoms with E-state index in [4.69, 9.17) is 20.1 Å². The van der Waals surface area contributed by atoms with Gasteiger partial charge < -0.3 is 30.6 Å². The highest BCUT2D eigenvalue weighted by Crippen LogP contribution is 2.31. The van der Waals surface area contributed by atoms with Crippen molar-refractivity contribution in [3.8, 4) is 5.75 Å². The Hall–Kier alpha value is -3.36. The van der Waals surface area contributed by atoms with Crippen LogP contribution < -0.4 is 20.3 Å². The number of hydrogen-bond acceptors (Lipinski definition) is 8. The van der Waals surface area contributed by atoms with E-state index in [1.807, 2.05) is 30.9 Å². The molecule has 1 aromatic carbocycles. The zero-order chi connectivity index (χ0) is 26.2. The predicted octanol–water partition coefficient (Wildman–Crippen LogP) is 4.70. The minimum atomic E-state index is -0.0313. The summed E-state index contributed by atoms with van der Waals surface area (Å²) in [5, 5.41) is 15.2. The Morgan fingerprint density at radius 1 is 1.06 bits per heavy atom. The lowest BCUT2D eigenvalue weighted by Gasteiger charge is -2.34. The fraction of sp³-hybridized carbons (Fsp3) is 0.556. The zero-order valence-corrected chi connectivity index (χ0v) is 22.5. The van der Waals surface area contributed by atoms with Gasteiger partial charge in [-0.15, -0.1) is 0 Å². The number of rotatable bonds is 11. The van der Waals surface area contributed by atoms with E-state index in [2.05, 4.69) is 48.4 Å². The first-order valence-corrected chi connectivity index (χ1v) is 13.0. The molecular weight excluding hydrogens is 454 g/mol. The van der Waals surface area contributed by atoms with Gasteiger partial charge in [-0.3, -0.25) is 4.79 Å². The van der Waals surface area contributed by atoms with Gasteiger partial charge in [0.25, 0.3) is 0 Å². The van der Waals surface area contributed by atoms with Gasteiger partial charge in [0.15, 0.2) is 5.82 Å². The van der Waals surface area contributed by atoms with Crippen LogP contribution in [0.1, 0.15) is 71.7 Å². The molecule has 1 saturated heterocycles. The predicted molar refractivity (Wildman–Crippen MR) is 147 cm³/mol. The van der Waals surface area contributed by atoms with Gasteiger partial charge >= 0.3 is 0 Å². The minimum absolute atomic E-state index is 0.0313. The van der Waals surface area contributed by atoms with Crippen molar-refractivity contribution in [3.05, 3.63) is 35.5 Å².